The lowest BCUT2D eigenvalue weighted by Crippen LogP contribution is -2.08. The van der Waals surface area contributed by atoms with E-state index in [2.05, 4.69) is 19.9 Å². The summed E-state index contributed by atoms with van der Waals surface area (Å²) in [5.74, 6) is 1.72. The van der Waals surface area contributed by atoms with E-state index in [1.807, 2.05) is 85.0 Å². The topological polar surface area (TPSA) is 44.8 Å². The molecular formula is C42H55ClO4. The molecule has 0 radical (unpaired) electrons. The number of aryl methyl sites for hydroxylation is 1. The number of carbonyl (C=O) groups excluding carboxylic acids is 1. The first-order valence-corrected chi connectivity index (χ1v) is 17.7. The first kappa shape index (κ1) is 39.4. The van der Waals surface area contributed by atoms with Crippen LogP contribution < -0.4 is 14.2 Å². The fourth-order valence-electron chi connectivity index (χ4n) is 5.10. The number of methoxy groups -OCH3 is 2. The fourth-order valence-corrected chi connectivity index (χ4v) is 5.36. The third kappa shape index (κ3) is 17.1. The van der Waals surface area contributed by atoms with Crippen LogP contribution in [-0.4, -0.2) is 20.2 Å². The van der Waals surface area contributed by atoms with Crippen LogP contribution in [0.4, 0.5) is 0 Å². The van der Waals surface area contributed by atoms with Gasteiger partial charge < -0.3 is 14.2 Å². The summed E-state index contributed by atoms with van der Waals surface area (Å²) < 4.78 is 16.9. The monoisotopic (exact) mass is 658 g/mol. The Morgan fingerprint density at radius 3 is 1.77 bits per heavy atom. The van der Waals surface area contributed by atoms with E-state index in [4.69, 9.17) is 25.8 Å². The Morgan fingerprint density at radius 2 is 1.15 bits per heavy atom. The Hall–Kier alpha value is -3.76. The van der Waals surface area contributed by atoms with E-state index in [1.165, 1.54) is 57.4 Å². The van der Waals surface area contributed by atoms with Crippen molar-refractivity contribution in [3.63, 3.8) is 0 Å². The van der Waals surface area contributed by atoms with Crippen molar-refractivity contribution in [3.05, 3.63) is 119 Å². The number of esters is 1. The van der Waals surface area contributed by atoms with Crippen LogP contribution in [0.1, 0.15) is 101 Å². The highest BCUT2D eigenvalue weighted by Crippen LogP contribution is 2.33. The second-order valence-electron chi connectivity index (χ2n) is 11.5. The average molecular weight is 659 g/mol. The SMILES string of the molecule is CCCCCCCCCCc1c(OC)cc(CCCCC)cc1OC(=O)C=CC=CC=CC=CC=CC=Cc1ccc(OC)c(Cl)c1. The summed E-state index contributed by atoms with van der Waals surface area (Å²) >= 11 is 6.16. The molecular weight excluding hydrogens is 604 g/mol. The molecule has 0 aliphatic carbocycles. The molecule has 0 fully saturated rings. The van der Waals surface area contributed by atoms with Crippen molar-refractivity contribution < 1.29 is 19.0 Å². The number of carbonyl (C=O) groups is 1. The van der Waals surface area contributed by atoms with Gasteiger partial charge in [-0.1, -0.05) is 156 Å². The van der Waals surface area contributed by atoms with Gasteiger partial charge in [0, 0.05) is 11.6 Å². The quantitative estimate of drug-likeness (QED) is 0.0392. The minimum atomic E-state index is -0.390. The zero-order valence-electron chi connectivity index (χ0n) is 29.0. The summed E-state index contributed by atoms with van der Waals surface area (Å²) in [6, 6.07) is 9.83. The molecule has 0 N–H and O–H groups in total. The van der Waals surface area contributed by atoms with Gasteiger partial charge >= 0.3 is 5.97 Å². The number of ether oxygens (including phenoxy) is 3. The molecule has 2 rings (SSSR count). The molecule has 4 nitrogen and oxygen atoms in total. The number of rotatable bonds is 23. The second-order valence-corrected chi connectivity index (χ2v) is 11.9. The van der Waals surface area contributed by atoms with E-state index in [0.717, 1.165) is 54.5 Å². The lowest BCUT2D eigenvalue weighted by Gasteiger charge is -2.16. The van der Waals surface area contributed by atoms with E-state index < -0.39 is 5.97 Å². The zero-order valence-corrected chi connectivity index (χ0v) is 29.8. The van der Waals surface area contributed by atoms with E-state index in [-0.39, 0.29) is 0 Å². The molecule has 2 aromatic rings. The maximum atomic E-state index is 12.8. The molecule has 0 bridgehead atoms. The molecule has 0 atom stereocenters. The van der Waals surface area contributed by atoms with E-state index in [1.54, 1.807) is 20.3 Å². The number of unbranched alkanes of at least 4 members (excludes halogenated alkanes) is 9. The predicted molar refractivity (Wildman–Crippen MR) is 201 cm³/mol. The minimum Gasteiger partial charge on any atom is -0.496 e. The third-order valence-electron chi connectivity index (χ3n) is 7.70. The van der Waals surface area contributed by atoms with Gasteiger partial charge in [-0.05, 0) is 61.1 Å². The Bertz CT molecular complexity index is 1360. The van der Waals surface area contributed by atoms with Gasteiger partial charge in [0.25, 0.3) is 0 Å². The highest BCUT2D eigenvalue weighted by atomic mass is 35.5. The molecule has 0 unspecified atom stereocenters. The summed E-state index contributed by atoms with van der Waals surface area (Å²) in [4.78, 5) is 12.8. The number of hydrogen-bond acceptors (Lipinski definition) is 4. The molecule has 254 valence electrons. The highest BCUT2D eigenvalue weighted by Gasteiger charge is 2.15. The lowest BCUT2D eigenvalue weighted by atomic mass is 9.99. The normalized spacial score (nSPS) is 12.2. The lowest BCUT2D eigenvalue weighted by molar-refractivity contribution is -0.129. The van der Waals surface area contributed by atoms with Crippen molar-refractivity contribution >= 4 is 23.6 Å². The second kappa shape index (κ2) is 25.3. The van der Waals surface area contributed by atoms with Crippen molar-refractivity contribution in [2.45, 2.75) is 97.3 Å². The molecule has 5 heteroatoms. The van der Waals surface area contributed by atoms with Crippen molar-refractivity contribution in [3.8, 4) is 17.2 Å². The molecule has 0 saturated carbocycles. The molecule has 0 spiro atoms. The average Bonchev–Trinajstić information content (AvgIpc) is 3.07. The number of allylic oxidation sites excluding steroid dienone is 10. The molecule has 0 aromatic heterocycles. The van der Waals surface area contributed by atoms with E-state index >= 15 is 0 Å². The molecule has 0 aliphatic rings. The van der Waals surface area contributed by atoms with Crippen LogP contribution in [0.2, 0.25) is 5.02 Å². The van der Waals surface area contributed by atoms with E-state index in [9.17, 15) is 4.79 Å². The zero-order chi connectivity index (χ0) is 34.0. The van der Waals surface area contributed by atoms with E-state index in [0.29, 0.717) is 16.5 Å². The number of hydrogen-bond donors (Lipinski definition) is 0. The largest absolute Gasteiger partial charge is 0.496 e. The Kier molecular flexibility index (Phi) is 21.3. The first-order valence-electron chi connectivity index (χ1n) is 17.3. The first-order chi connectivity index (χ1) is 23.0. The summed E-state index contributed by atoms with van der Waals surface area (Å²) in [6.45, 7) is 4.45. The fraction of sp³-hybridized carbons (Fsp3) is 0.405. The molecule has 0 saturated heterocycles. The van der Waals surface area contributed by atoms with Gasteiger partial charge in [0.15, 0.2) is 0 Å². The summed E-state index contributed by atoms with van der Waals surface area (Å²) in [7, 11) is 3.31. The Morgan fingerprint density at radius 1 is 0.617 bits per heavy atom. The Balaban J connectivity index is 1.90. The Labute approximate surface area is 289 Å². The number of halogens is 1. The minimum absolute atomic E-state index is 0.390. The van der Waals surface area contributed by atoms with Gasteiger partial charge in [-0.15, -0.1) is 0 Å². The van der Waals surface area contributed by atoms with Crippen LogP contribution in [0.25, 0.3) is 6.08 Å². The van der Waals surface area contributed by atoms with Crippen LogP contribution in [0.15, 0.2) is 97.2 Å². The predicted octanol–water partition coefficient (Wildman–Crippen LogP) is 12.2. The van der Waals surface area contributed by atoms with Crippen molar-refractivity contribution in [1.82, 2.24) is 0 Å². The maximum Gasteiger partial charge on any atom is 0.336 e. The molecule has 0 aliphatic heterocycles. The van der Waals surface area contributed by atoms with Crippen LogP contribution in [0, 0.1) is 0 Å². The van der Waals surface area contributed by atoms with Crippen molar-refractivity contribution in [2.24, 2.45) is 0 Å². The van der Waals surface area contributed by atoms with Crippen molar-refractivity contribution in [2.75, 3.05) is 14.2 Å². The number of benzene rings is 2. The summed E-state index contributed by atoms with van der Waals surface area (Å²) in [5.41, 5.74) is 3.13. The van der Waals surface area contributed by atoms with Gasteiger partial charge in [-0.3, -0.25) is 0 Å². The summed E-state index contributed by atoms with van der Waals surface area (Å²) in [5, 5.41) is 0.588. The van der Waals surface area contributed by atoms with Crippen LogP contribution in [0.3, 0.4) is 0 Å². The van der Waals surface area contributed by atoms with Gasteiger partial charge in [0.2, 0.25) is 0 Å². The smallest absolute Gasteiger partial charge is 0.336 e. The highest BCUT2D eigenvalue weighted by molar-refractivity contribution is 6.32. The molecule has 0 amide bonds. The van der Waals surface area contributed by atoms with Crippen LogP contribution >= 0.6 is 11.6 Å². The third-order valence-corrected chi connectivity index (χ3v) is 8.00. The molecule has 47 heavy (non-hydrogen) atoms. The molecule has 2 aromatic carbocycles. The standard InChI is InChI=1S/C42H55ClO4/c1-5-7-9-10-11-17-20-24-28-37-40(46-4)33-36(27-22-8-6-2)34-41(37)47-42(44)29-25-21-18-15-13-12-14-16-19-23-26-35-30-31-39(45-3)38(43)32-35/h12-16,18-19,21,23,25-26,29-34H,5-11,17,20,22,24,27-28H2,1-4H3. The summed E-state index contributed by atoms with van der Waals surface area (Å²) in [6.07, 6.45) is 37.6. The van der Waals surface area contributed by atoms with Gasteiger partial charge in [-0.2, -0.15) is 0 Å². The maximum absolute atomic E-state index is 12.8. The van der Waals surface area contributed by atoms with Crippen LogP contribution in [-0.2, 0) is 17.6 Å². The van der Waals surface area contributed by atoms with Gasteiger partial charge in [-0.25, -0.2) is 4.79 Å². The van der Waals surface area contributed by atoms with Crippen LogP contribution in [0.5, 0.6) is 17.2 Å². The van der Waals surface area contributed by atoms with Crippen molar-refractivity contribution in [1.29, 1.82) is 0 Å². The van der Waals surface area contributed by atoms with Gasteiger partial charge in [0.05, 0.1) is 19.2 Å². The van der Waals surface area contributed by atoms with Gasteiger partial charge in [0.1, 0.15) is 17.2 Å². The molecule has 0 heterocycles.